The van der Waals surface area contributed by atoms with Crippen molar-refractivity contribution in [2.75, 3.05) is 12.4 Å². The number of aliphatic carboxylic acids is 1. The molecule has 0 aliphatic carbocycles. The van der Waals surface area contributed by atoms with Crippen LogP contribution in [0.25, 0.3) is 0 Å². The third kappa shape index (κ3) is 3.48. The van der Waals surface area contributed by atoms with E-state index in [4.69, 9.17) is 0 Å². The minimum absolute atomic E-state index is 0.0658. The van der Waals surface area contributed by atoms with Crippen molar-refractivity contribution < 1.29 is 19.4 Å². The van der Waals surface area contributed by atoms with Crippen LogP contribution in [0.15, 0.2) is 6.07 Å². The number of ether oxygens (including phenoxy) is 1. The fourth-order valence-electron chi connectivity index (χ4n) is 1.56. The molecule has 0 saturated heterocycles. The molecule has 0 bridgehead atoms. The van der Waals surface area contributed by atoms with E-state index < -0.39 is 22.9 Å². The van der Waals surface area contributed by atoms with Crippen LogP contribution in [-0.4, -0.2) is 39.7 Å². The molecule has 0 atom stereocenters. The maximum atomic E-state index is 11.5. The van der Waals surface area contributed by atoms with Crippen LogP contribution >= 0.6 is 0 Å². The van der Waals surface area contributed by atoms with Gasteiger partial charge in [-0.2, -0.15) is 0 Å². The van der Waals surface area contributed by atoms with Crippen molar-refractivity contribution in [2.45, 2.75) is 40.2 Å². The van der Waals surface area contributed by atoms with Crippen molar-refractivity contribution in [3.63, 3.8) is 0 Å². The average Bonchev–Trinajstić information content (AvgIpc) is 2.35. The van der Waals surface area contributed by atoms with Crippen LogP contribution in [0.1, 0.15) is 44.0 Å². The maximum Gasteiger partial charge on any atom is 0.376 e. The molecule has 0 aliphatic heterocycles. The lowest BCUT2D eigenvalue weighted by molar-refractivity contribution is -0.149. The molecule has 1 heterocycles. The van der Waals surface area contributed by atoms with E-state index in [0.717, 1.165) is 0 Å². The molecule has 7 nitrogen and oxygen atoms in total. The number of aromatic nitrogens is 2. The monoisotopic (exact) mass is 295 g/mol. The van der Waals surface area contributed by atoms with Gasteiger partial charge >= 0.3 is 11.9 Å². The second-order valence-corrected chi connectivity index (χ2v) is 5.89. The summed E-state index contributed by atoms with van der Waals surface area (Å²) in [6.07, 6.45) is 0. The summed E-state index contributed by atoms with van der Waals surface area (Å²) in [5.41, 5.74) is -1.26. The molecule has 2 N–H and O–H groups in total. The molecule has 1 aromatic heterocycles. The number of carbonyl (C=O) groups is 2. The number of anilines is 1. The van der Waals surface area contributed by atoms with Crippen LogP contribution in [0.3, 0.4) is 0 Å². The highest BCUT2D eigenvalue weighted by molar-refractivity contribution is 5.85. The largest absolute Gasteiger partial charge is 0.481 e. The van der Waals surface area contributed by atoms with Crippen LogP contribution in [0, 0.1) is 12.3 Å². The molecule has 0 unspecified atom stereocenters. The fraction of sp³-hybridized carbons (Fsp3) is 0.571. The molecule has 21 heavy (non-hydrogen) atoms. The Morgan fingerprint density at radius 3 is 2.29 bits per heavy atom. The molecule has 0 radical (unpaired) electrons. The molecule has 7 heteroatoms. The minimum atomic E-state index is -1.04. The number of methoxy groups -OCH3 is 1. The lowest BCUT2D eigenvalue weighted by Gasteiger charge is -2.39. The molecule has 0 fully saturated rings. The first-order valence-corrected chi connectivity index (χ1v) is 6.47. The summed E-state index contributed by atoms with van der Waals surface area (Å²) >= 11 is 0. The second-order valence-electron chi connectivity index (χ2n) is 5.89. The topological polar surface area (TPSA) is 101 Å². The number of hydrogen-bond donors (Lipinski definition) is 2. The minimum Gasteiger partial charge on any atom is -0.481 e. The van der Waals surface area contributed by atoms with E-state index in [1.807, 2.05) is 0 Å². The van der Waals surface area contributed by atoms with Crippen molar-refractivity contribution in [3.05, 3.63) is 17.6 Å². The van der Waals surface area contributed by atoms with E-state index >= 15 is 0 Å². The number of carbonyl (C=O) groups excluding carboxylic acids is 1. The molecule has 0 saturated carbocycles. The summed E-state index contributed by atoms with van der Waals surface area (Å²) in [5.74, 6) is -1.26. The van der Waals surface area contributed by atoms with Crippen molar-refractivity contribution in [2.24, 2.45) is 5.41 Å². The summed E-state index contributed by atoms with van der Waals surface area (Å²) in [5, 5.41) is 12.4. The van der Waals surface area contributed by atoms with Crippen molar-refractivity contribution in [1.82, 2.24) is 9.97 Å². The Morgan fingerprint density at radius 1 is 1.24 bits per heavy atom. The van der Waals surface area contributed by atoms with Gasteiger partial charge in [0.15, 0.2) is 0 Å². The highest BCUT2D eigenvalue weighted by Gasteiger charge is 2.43. The van der Waals surface area contributed by atoms with Crippen molar-refractivity contribution in [3.8, 4) is 0 Å². The molecule has 0 aromatic carbocycles. The van der Waals surface area contributed by atoms with Crippen LogP contribution in [0.4, 0.5) is 5.82 Å². The number of nitrogens with one attached hydrogen (secondary N) is 1. The summed E-state index contributed by atoms with van der Waals surface area (Å²) < 4.78 is 4.60. The third-order valence-electron chi connectivity index (χ3n) is 3.76. The normalized spacial score (nSPS) is 11.9. The van der Waals surface area contributed by atoms with Gasteiger partial charge in [-0.05, 0) is 34.6 Å². The Hall–Kier alpha value is -2.18. The summed E-state index contributed by atoms with van der Waals surface area (Å²) in [7, 11) is 1.25. The van der Waals surface area contributed by atoms with Crippen LogP contribution in [0.5, 0.6) is 0 Å². The third-order valence-corrected chi connectivity index (χ3v) is 3.76. The lowest BCUT2D eigenvalue weighted by atomic mass is 9.74. The van der Waals surface area contributed by atoms with E-state index in [1.54, 1.807) is 40.7 Å². The second kappa shape index (κ2) is 5.67. The zero-order valence-electron chi connectivity index (χ0n) is 13.1. The van der Waals surface area contributed by atoms with E-state index in [2.05, 4.69) is 20.0 Å². The number of aryl methyl sites for hydroxylation is 1. The molecule has 1 aromatic rings. The summed E-state index contributed by atoms with van der Waals surface area (Å²) in [6, 6.07) is 1.64. The van der Waals surface area contributed by atoms with Crippen LogP contribution in [-0.2, 0) is 9.53 Å². The van der Waals surface area contributed by atoms with E-state index in [1.165, 1.54) is 7.11 Å². The number of carboxylic acid groups (broad SMARTS) is 1. The molecule has 1 rings (SSSR count). The van der Waals surface area contributed by atoms with Gasteiger partial charge in [-0.3, -0.25) is 4.79 Å². The van der Waals surface area contributed by atoms with Gasteiger partial charge in [-0.25, -0.2) is 14.8 Å². The first-order chi connectivity index (χ1) is 9.51. The Bertz CT molecular complexity index is 567. The van der Waals surface area contributed by atoms with Gasteiger partial charge in [0.25, 0.3) is 0 Å². The number of nitrogens with zero attached hydrogens (tertiary/aromatic N) is 2. The Morgan fingerprint density at radius 2 is 1.81 bits per heavy atom. The summed E-state index contributed by atoms with van der Waals surface area (Å²) in [4.78, 5) is 31.0. The average molecular weight is 295 g/mol. The number of rotatable bonds is 5. The van der Waals surface area contributed by atoms with Crippen LogP contribution < -0.4 is 5.32 Å². The van der Waals surface area contributed by atoms with Gasteiger partial charge in [0.2, 0.25) is 5.82 Å². The maximum absolute atomic E-state index is 11.5. The SMILES string of the molecule is COC(=O)c1nc(C)cc(NC(C)(C)C(C)(C)C(=O)O)n1. The standard InChI is InChI=1S/C14H21N3O4/c1-8-7-9(16-10(15-8)11(18)21-6)17-14(4,5)13(2,3)12(19)20/h7H,1-6H3,(H,19,20)(H,15,16,17). The van der Waals surface area contributed by atoms with Gasteiger partial charge < -0.3 is 15.2 Å². The predicted molar refractivity (Wildman–Crippen MR) is 77.2 cm³/mol. The Balaban J connectivity index is 3.16. The number of hydrogen-bond acceptors (Lipinski definition) is 6. The van der Waals surface area contributed by atoms with E-state index in [-0.39, 0.29) is 5.82 Å². The van der Waals surface area contributed by atoms with Crippen molar-refractivity contribution >= 4 is 17.8 Å². The molecule has 0 spiro atoms. The highest BCUT2D eigenvalue weighted by Crippen LogP contribution is 2.33. The van der Waals surface area contributed by atoms with Gasteiger partial charge in [-0.1, -0.05) is 0 Å². The zero-order valence-corrected chi connectivity index (χ0v) is 13.1. The van der Waals surface area contributed by atoms with Gasteiger partial charge in [0, 0.05) is 17.3 Å². The van der Waals surface area contributed by atoms with Crippen molar-refractivity contribution in [1.29, 1.82) is 0 Å². The van der Waals surface area contributed by atoms with Crippen LogP contribution in [0.2, 0.25) is 0 Å². The molecule has 116 valence electrons. The molecule has 0 aliphatic rings. The highest BCUT2D eigenvalue weighted by atomic mass is 16.5. The van der Waals surface area contributed by atoms with Gasteiger partial charge in [0.1, 0.15) is 5.82 Å². The Labute approximate surface area is 123 Å². The lowest BCUT2D eigenvalue weighted by Crippen LogP contribution is -2.50. The number of carboxylic acids is 1. The number of esters is 1. The fourth-order valence-corrected chi connectivity index (χ4v) is 1.56. The zero-order chi connectivity index (χ0) is 16.4. The van der Waals surface area contributed by atoms with E-state index in [0.29, 0.717) is 11.5 Å². The predicted octanol–water partition coefficient (Wildman–Crippen LogP) is 1.87. The first kappa shape index (κ1) is 16.9. The Kier molecular flexibility index (Phi) is 4.56. The molecular weight excluding hydrogens is 274 g/mol. The quantitative estimate of drug-likeness (QED) is 0.799. The summed E-state index contributed by atoms with van der Waals surface area (Å²) in [6.45, 7) is 8.48. The first-order valence-electron chi connectivity index (χ1n) is 6.47. The van der Waals surface area contributed by atoms with Gasteiger partial charge in [-0.15, -0.1) is 0 Å². The molecular formula is C14H21N3O4. The smallest absolute Gasteiger partial charge is 0.376 e. The van der Waals surface area contributed by atoms with E-state index in [9.17, 15) is 14.7 Å². The van der Waals surface area contributed by atoms with Gasteiger partial charge in [0.05, 0.1) is 12.5 Å². The molecule has 0 amide bonds.